The summed E-state index contributed by atoms with van der Waals surface area (Å²) in [5, 5.41) is 8.94. The van der Waals surface area contributed by atoms with Gasteiger partial charge in [-0.3, -0.25) is 4.90 Å². The summed E-state index contributed by atoms with van der Waals surface area (Å²) in [6, 6.07) is 9.12. The van der Waals surface area contributed by atoms with E-state index in [1.54, 1.807) is 12.1 Å². The highest BCUT2D eigenvalue weighted by Crippen LogP contribution is 2.26. The third-order valence-electron chi connectivity index (χ3n) is 4.24. The standard InChI is InChI=1S/C18H21N3O2/c1-12-9-13(2)20-17(19-12)16-7-8-21(11-16)10-14-3-5-15(6-4-14)18(22)23/h3-6,9,16H,7-8,10-11H2,1-2H3,(H,22,23)/t16-/m1/s1. The number of aromatic nitrogens is 2. The predicted octanol–water partition coefficient (Wildman–Crippen LogP) is 2.78. The largest absolute Gasteiger partial charge is 0.478 e. The molecule has 1 saturated heterocycles. The topological polar surface area (TPSA) is 66.3 Å². The Morgan fingerprint density at radius 1 is 1.22 bits per heavy atom. The molecule has 2 heterocycles. The second-order valence-corrected chi connectivity index (χ2v) is 6.23. The molecule has 23 heavy (non-hydrogen) atoms. The molecule has 1 fully saturated rings. The van der Waals surface area contributed by atoms with E-state index in [-0.39, 0.29) is 0 Å². The van der Waals surface area contributed by atoms with Gasteiger partial charge in [0.2, 0.25) is 0 Å². The quantitative estimate of drug-likeness (QED) is 0.940. The average molecular weight is 311 g/mol. The van der Waals surface area contributed by atoms with Crippen LogP contribution in [-0.4, -0.2) is 39.0 Å². The van der Waals surface area contributed by atoms with Gasteiger partial charge < -0.3 is 5.11 Å². The molecule has 5 heteroatoms. The Labute approximate surface area is 136 Å². The molecule has 1 aliphatic rings. The number of carboxylic acid groups (broad SMARTS) is 1. The maximum atomic E-state index is 10.9. The summed E-state index contributed by atoms with van der Waals surface area (Å²) in [5.41, 5.74) is 3.51. The van der Waals surface area contributed by atoms with Gasteiger partial charge in [-0.25, -0.2) is 14.8 Å². The van der Waals surface area contributed by atoms with E-state index in [0.29, 0.717) is 11.5 Å². The number of aromatic carboxylic acids is 1. The van der Waals surface area contributed by atoms with Crippen LogP contribution in [0.3, 0.4) is 0 Å². The first-order chi connectivity index (χ1) is 11.0. The van der Waals surface area contributed by atoms with Crippen molar-refractivity contribution in [2.24, 2.45) is 0 Å². The van der Waals surface area contributed by atoms with Crippen molar-refractivity contribution in [1.82, 2.24) is 14.9 Å². The minimum atomic E-state index is -0.884. The monoisotopic (exact) mass is 311 g/mol. The smallest absolute Gasteiger partial charge is 0.335 e. The highest BCUT2D eigenvalue weighted by Gasteiger charge is 2.26. The first kappa shape index (κ1) is 15.6. The summed E-state index contributed by atoms with van der Waals surface area (Å²) in [6.45, 7) is 6.82. The van der Waals surface area contributed by atoms with Crippen LogP contribution in [0, 0.1) is 13.8 Å². The summed E-state index contributed by atoms with van der Waals surface area (Å²) in [7, 11) is 0. The number of hydrogen-bond donors (Lipinski definition) is 1. The van der Waals surface area contributed by atoms with Gasteiger partial charge in [0.1, 0.15) is 5.82 Å². The number of rotatable bonds is 4. The first-order valence-corrected chi connectivity index (χ1v) is 7.88. The second kappa shape index (κ2) is 6.46. The Kier molecular flexibility index (Phi) is 4.39. The van der Waals surface area contributed by atoms with Crippen molar-refractivity contribution in [3.63, 3.8) is 0 Å². The van der Waals surface area contributed by atoms with Crippen LogP contribution in [0.25, 0.3) is 0 Å². The molecular weight excluding hydrogens is 290 g/mol. The van der Waals surface area contributed by atoms with Crippen LogP contribution in [0.5, 0.6) is 0 Å². The molecule has 1 atom stereocenters. The van der Waals surface area contributed by atoms with Gasteiger partial charge >= 0.3 is 5.97 Å². The van der Waals surface area contributed by atoms with Crippen LogP contribution in [-0.2, 0) is 6.54 Å². The molecule has 2 aromatic rings. The van der Waals surface area contributed by atoms with Crippen LogP contribution in [0.2, 0.25) is 0 Å². The lowest BCUT2D eigenvalue weighted by atomic mass is 10.1. The molecule has 0 amide bonds. The van der Waals surface area contributed by atoms with Crippen LogP contribution in [0.4, 0.5) is 0 Å². The van der Waals surface area contributed by atoms with Gasteiger partial charge in [-0.1, -0.05) is 12.1 Å². The van der Waals surface area contributed by atoms with E-state index in [1.165, 1.54) is 0 Å². The lowest BCUT2D eigenvalue weighted by Gasteiger charge is -2.16. The minimum absolute atomic E-state index is 0.330. The Hall–Kier alpha value is -2.27. The maximum absolute atomic E-state index is 10.9. The summed E-state index contributed by atoms with van der Waals surface area (Å²) in [6.07, 6.45) is 1.07. The van der Waals surface area contributed by atoms with Crippen LogP contribution < -0.4 is 0 Å². The summed E-state index contributed by atoms with van der Waals surface area (Å²) < 4.78 is 0. The molecule has 1 aromatic carbocycles. The molecule has 0 aliphatic carbocycles. The molecule has 0 radical (unpaired) electrons. The number of carboxylic acids is 1. The molecule has 0 spiro atoms. The maximum Gasteiger partial charge on any atom is 0.335 e. The molecule has 0 bridgehead atoms. The van der Waals surface area contributed by atoms with E-state index in [4.69, 9.17) is 5.11 Å². The van der Waals surface area contributed by atoms with Gasteiger partial charge in [-0.15, -0.1) is 0 Å². The van der Waals surface area contributed by atoms with Gasteiger partial charge in [0, 0.05) is 30.4 Å². The molecular formula is C18H21N3O2. The molecule has 1 N–H and O–H groups in total. The summed E-state index contributed by atoms with van der Waals surface area (Å²) in [5.74, 6) is 0.447. The fourth-order valence-corrected chi connectivity index (χ4v) is 3.13. The fraction of sp³-hybridized carbons (Fsp3) is 0.389. The molecule has 0 unspecified atom stereocenters. The Morgan fingerprint density at radius 3 is 2.48 bits per heavy atom. The van der Waals surface area contributed by atoms with E-state index >= 15 is 0 Å². The number of hydrogen-bond acceptors (Lipinski definition) is 4. The van der Waals surface area contributed by atoms with Crippen LogP contribution in [0.1, 0.15) is 45.5 Å². The van der Waals surface area contributed by atoms with Gasteiger partial charge in [-0.05, 0) is 50.6 Å². The Bertz CT molecular complexity index is 692. The average Bonchev–Trinajstić information content (AvgIpc) is 2.95. The van der Waals surface area contributed by atoms with Crippen LogP contribution in [0.15, 0.2) is 30.3 Å². The second-order valence-electron chi connectivity index (χ2n) is 6.23. The molecule has 5 nitrogen and oxygen atoms in total. The molecule has 3 rings (SSSR count). The van der Waals surface area contributed by atoms with Crippen molar-refractivity contribution in [3.05, 3.63) is 58.7 Å². The SMILES string of the molecule is Cc1cc(C)nc([C@@H]2CCN(Cc3ccc(C(=O)O)cc3)C2)n1. The van der Waals surface area contributed by atoms with Crippen molar-refractivity contribution in [3.8, 4) is 0 Å². The van der Waals surface area contributed by atoms with Crippen LogP contribution >= 0.6 is 0 Å². The lowest BCUT2D eigenvalue weighted by Crippen LogP contribution is -2.20. The zero-order chi connectivity index (χ0) is 16.4. The van der Waals surface area contributed by atoms with E-state index in [2.05, 4.69) is 14.9 Å². The zero-order valence-corrected chi connectivity index (χ0v) is 13.5. The number of nitrogens with zero attached hydrogens (tertiary/aromatic N) is 3. The highest BCUT2D eigenvalue weighted by molar-refractivity contribution is 5.87. The van der Waals surface area contributed by atoms with Crippen molar-refractivity contribution in [2.45, 2.75) is 32.7 Å². The zero-order valence-electron chi connectivity index (χ0n) is 13.5. The number of aryl methyl sites for hydroxylation is 2. The lowest BCUT2D eigenvalue weighted by molar-refractivity contribution is 0.0697. The third kappa shape index (κ3) is 3.74. The normalized spacial score (nSPS) is 18.3. The summed E-state index contributed by atoms with van der Waals surface area (Å²) in [4.78, 5) is 22.4. The number of likely N-dealkylation sites (tertiary alicyclic amines) is 1. The van der Waals surface area contributed by atoms with Crippen molar-refractivity contribution in [2.75, 3.05) is 13.1 Å². The molecule has 0 saturated carbocycles. The minimum Gasteiger partial charge on any atom is -0.478 e. The molecule has 1 aromatic heterocycles. The van der Waals surface area contributed by atoms with E-state index in [9.17, 15) is 4.79 Å². The third-order valence-corrected chi connectivity index (χ3v) is 4.24. The molecule has 1 aliphatic heterocycles. The van der Waals surface area contributed by atoms with E-state index < -0.39 is 5.97 Å². The predicted molar refractivity (Wildman–Crippen MR) is 87.5 cm³/mol. The van der Waals surface area contributed by atoms with Gasteiger partial charge in [-0.2, -0.15) is 0 Å². The first-order valence-electron chi connectivity index (χ1n) is 7.88. The van der Waals surface area contributed by atoms with E-state index in [1.807, 2.05) is 32.0 Å². The van der Waals surface area contributed by atoms with Gasteiger partial charge in [0.05, 0.1) is 5.56 Å². The summed E-state index contributed by atoms with van der Waals surface area (Å²) >= 11 is 0. The van der Waals surface area contributed by atoms with Crippen molar-refractivity contribution < 1.29 is 9.90 Å². The Balaban J connectivity index is 1.64. The fourth-order valence-electron chi connectivity index (χ4n) is 3.13. The van der Waals surface area contributed by atoms with Gasteiger partial charge in [0.25, 0.3) is 0 Å². The highest BCUT2D eigenvalue weighted by atomic mass is 16.4. The number of benzene rings is 1. The molecule has 120 valence electrons. The van der Waals surface area contributed by atoms with Crippen molar-refractivity contribution >= 4 is 5.97 Å². The Morgan fingerprint density at radius 2 is 1.87 bits per heavy atom. The van der Waals surface area contributed by atoms with Crippen molar-refractivity contribution in [1.29, 1.82) is 0 Å². The van der Waals surface area contributed by atoms with Gasteiger partial charge in [0.15, 0.2) is 0 Å². The number of carbonyl (C=O) groups is 1. The van der Waals surface area contributed by atoms with E-state index in [0.717, 1.165) is 48.8 Å².